The van der Waals surface area contributed by atoms with Gasteiger partial charge in [-0.15, -0.1) is 0 Å². The van der Waals surface area contributed by atoms with E-state index in [4.69, 9.17) is 10.5 Å². The van der Waals surface area contributed by atoms with Gasteiger partial charge in [-0.1, -0.05) is 0 Å². The van der Waals surface area contributed by atoms with Crippen molar-refractivity contribution >= 4 is 17.5 Å². The quantitative estimate of drug-likeness (QED) is 0.865. The Morgan fingerprint density at radius 1 is 1.42 bits per heavy atom. The molecule has 2 N–H and O–H groups in total. The number of ether oxygens (including phenoxy) is 1. The van der Waals surface area contributed by atoms with Gasteiger partial charge in [0.2, 0.25) is 0 Å². The Balaban J connectivity index is 1.96. The van der Waals surface area contributed by atoms with Crippen molar-refractivity contribution in [1.29, 1.82) is 0 Å². The van der Waals surface area contributed by atoms with Gasteiger partial charge in [0, 0.05) is 36.8 Å². The van der Waals surface area contributed by atoms with E-state index in [9.17, 15) is 4.79 Å². The zero-order chi connectivity index (χ0) is 17.3. The summed E-state index contributed by atoms with van der Waals surface area (Å²) >= 11 is 0. The Morgan fingerprint density at radius 2 is 2.21 bits per heavy atom. The number of carbonyl (C=O) groups is 1. The molecule has 0 saturated carbocycles. The van der Waals surface area contributed by atoms with Gasteiger partial charge in [0.1, 0.15) is 5.82 Å². The van der Waals surface area contributed by atoms with Crippen LogP contribution in [0.25, 0.3) is 0 Å². The number of rotatable bonds is 4. The molecule has 0 atom stereocenters. The molecular weight excluding hydrogens is 306 g/mol. The zero-order valence-electron chi connectivity index (χ0n) is 14.3. The minimum Gasteiger partial charge on any atom is -0.461 e. The van der Waals surface area contributed by atoms with Gasteiger partial charge in [0.25, 0.3) is 0 Å². The third-order valence-electron chi connectivity index (χ3n) is 4.14. The molecule has 2 aromatic heterocycles. The van der Waals surface area contributed by atoms with Crippen LogP contribution < -0.4 is 10.6 Å². The van der Waals surface area contributed by atoms with Gasteiger partial charge in [-0.25, -0.2) is 9.78 Å². The number of nitrogens with two attached hydrogens (primary N) is 1. The first-order chi connectivity index (χ1) is 11.5. The van der Waals surface area contributed by atoms with Gasteiger partial charge in [0.05, 0.1) is 18.5 Å². The van der Waals surface area contributed by atoms with Crippen LogP contribution in [0.2, 0.25) is 0 Å². The summed E-state index contributed by atoms with van der Waals surface area (Å²) in [5.74, 6) is 0.488. The lowest BCUT2D eigenvalue weighted by atomic mass is 10.0. The summed E-state index contributed by atoms with van der Waals surface area (Å²) in [5, 5.41) is 4.53. The second kappa shape index (κ2) is 6.51. The fourth-order valence-corrected chi connectivity index (χ4v) is 3.02. The SMILES string of the molecule is CCOC(=O)c1nn(C(C)C)c2c1CN(c1ccc(N)cn1)CC2. The largest absolute Gasteiger partial charge is 0.461 e. The van der Waals surface area contributed by atoms with E-state index in [1.807, 2.05) is 16.8 Å². The van der Waals surface area contributed by atoms with E-state index in [1.165, 1.54) is 0 Å². The third kappa shape index (κ3) is 2.93. The highest BCUT2D eigenvalue weighted by atomic mass is 16.5. The van der Waals surface area contributed by atoms with Crippen molar-refractivity contribution < 1.29 is 9.53 Å². The minimum atomic E-state index is -0.361. The number of hydrogen-bond acceptors (Lipinski definition) is 6. The molecule has 3 rings (SSSR count). The van der Waals surface area contributed by atoms with E-state index in [2.05, 4.69) is 28.8 Å². The number of anilines is 2. The zero-order valence-corrected chi connectivity index (χ0v) is 14.3. The van der Waals surface area contributed by atoms with Gasteiger partial charge in [-0.05, 0) is 32.9 Å². The molecule has 0 unspecified atom stereocenters. The number of esters is 1. The van der Waals surface area contributed by atoms with Crippen LogP contribution in [0.1, 0.15) is 48.6 Å². The Labute approximate surface area is 141 Å². The lowest BCUT2D eigenvalue weighted by molar-refractivity contribution is 0.0517. The standard InChI is InChI=1S/C17H23N5O2/c1-4-24-17(23)16-13-10-21(15-6-5-12(18)9-19-15)8-7-14(13)22(20-16)11(2)3/h5-6,9,11H,4,7-8,10,18H2,1-3H3. The maximum atomic E-state index is 12.3. The molecule has 0 radical (unpaired) electrons. The summed E-state index contributed by atoms with van der Waals surface area (Å²) in [5.41, 5.74) is 8.81. The second-order valence-corrected chi connectivity index (χ2v) is 6.15. The first kappa shape index (κ1) is 16.3. The summed E-state index contributed by atoms with van der Waals surface area (Å²) in [6.45, 7) is 7.68. The smallest absolute Gasteiger partial charge is 0.359 e. The van der Waals surface area contributed by atoms with Gasteiger partial charge >= 0.3 is 5.97 Å². The van der Waals surface area contributed by atoms with E-state index >= 15 is 0 Å². The third-order valence-corrected chi connectivity index (χ3v) is 4.14. The van der Waals surface area contributed by atoms with Gasteiger partial charge in [-0.3, -0.25) is 4.68 Å². The van der Waals surface area contributed by atoms with Crippen molar-refractivity contribution in [3.8, 4) is 0 Å². The van der Waals surface area contributed by atoms with E-state index in [1.54, 1.807) is 13.1 Å². The van der Waals surface area contributed by atoms with E-state index in [-0.39, 0.29) is 12.0 Å². The molecule has 128 valence electrons. The molecule has 0 amide bonds. The predicted molar refractivity (Wildman–Crippen MR) is 92.0 cm³/mol. The van der Waals surface area contributed by atoms with Crippen molar-refractivity contribution in [3.63, 3.8) is 0 Å². The van der Waals surface area contributed by atoms with Gasteiger partial charge in [-0.2, -0.15) is 5.10 Å². The van der Waals surface area contributed by atoms with Crippen LogP contribution in [0.3, 0.4) is 0 Å². The number of aromatic nitrogens is 3. The number of nitrogens with zero attached hydrogens (tertiary/aromatic N) is 4. The van der Waals surface area contributed by atoms with Crippen LogP contribution in [-0.2, 0) is 17.7 Å². The minimum absolute atomic E-state index is 0.197. The van der Waals surface area contributed by atoms with Crippen LogP contribution in [0.5, 0.6) is 0 Å². The fourth-order valence-electron chi connectivity index (χ4n) is 3.02. The Bertz CT molecular complexity index is 736. The van der Waals surface area contributed by atoms with Crippen LogP contribution in [0, 0.1) is 0 Å². The molecule has 1 aliphatic rings. The Hall–Kier alpha value is -2.57. The van der Waals surface area contributed by atoms with E-state index in [0.717, 1.165) is 30.0 Å². The number of nitrogen functional groups attached to an aromatic ring is 1. The lowest BCUT2D eigenvalue weighted by Crippen LogP contribution is -2.32. The first-order valence-electron chi connectivity index (χ1n) is 8.25. The molecule has 0 bridgehead atoms. The van der Waals surface area contributed by atoms with Crippen molar-refractivity contribution in [2.45, 2.75) is 39.8 Å². The maximum absolute atomic E-state index is 12.3. The molecule has 7 nitrogen and oxygen atoms in total. The van der Waals surface area contributed by atoms with Crippen molar-refractivity contribution in [2.24, 2.45) is 0 Å². The molecule has 24 heavy (non-hydrogen) atoms. The van der Waals surface area contributed by atoms with Crippen molar-refractivity contribution in [1.82, 2.24) is 14.8 Å². The first-order valence-corrected chi connectivity index (χ1v) is 8.25. The summed E-state index contributed by atoms with van der Waals surface area (Å²) in [6, 6.07) is 3.93. The second-order valence-electron chi connectivity index (χ2n) is 6.15. The van der Waals surface area contributed by atoms with E-state index in [0.29, 0.717) is 24.5 Å². The summed E-state index contributed by atoms with van der Waals surface area (Å²) < 4.78 is 7.12. The molecule has 2 aromatic rings. The summed E-state index contributed by atoms with van der Waals surface area (Å²) in [4.78, 5) is 18.8. The van der Waals surface area contributed by atoms with Crippen molar-refractivity contribution in [2.75, 3.05) is 23.8 Å². The van der Waals surface area contributed by atoms with Crippen LogP contribution in [0.15, 0.2) is 18.3 Å². The molecular formula is C17H23N5O2. The number of fused-ring (bicyclic) bond motifs is 1. The molecule has 1 aliphatic heterocycles. The molecule has 0 saturated heterocycles. The normalized spacial score (nSPS) is 13.9. The number of carbonyl (C=O) groups excluding carboxylic acids is 1. The summed E-state index contributed by atoms with van der Waals surface area (Å²) in [6.07, 6.45) is 2.46. The topological polar surface area (TPSA) is 86.3 Å². The van der Waals surface area contributed by atoms with Crippen LogP contribution in [-0.4, -0.2) is 33.9 Å². The highest BCUT2D eigenvalue weighted by Gasteiger charge is 2.30. The monoisotopic (exact) mass is 329 g/mol. The Kier molecular flexibility index (Phi) is 4.42. The predicted octanol–water partition coefficient (Wildman–Crippen LogP) is 2.18. The summed E-state index contributed by atoms with van der Waals surface area (Å²) in [7, 11) is 0. The average molecular weight is 329 g/mol. The maximum Gasteiger partial charge on any atom is 0.359 e. The molecule has 3 heterocycles. The van der Waals surface area contributed by atoms with Crippen LogP contribution >= 0.6 is 0 Å². The number of hydrogen-bond donors (Lipinski definition) is 1. The van der Waals surface area contributed by atoms with Crippen molar-refractivity contribution in [3.05, 3.63) is 35.3 Å². The molecule has 7 heteroatoms. The fraction of sp³-hybridized carbons (Fsp3) is 0.471. The highest BCUT2D eigenvalue weighted by Crippen LogP contribution is 2.28. The number of pyridine rings is 1. The van der Waals surface area contributed by atoms with Gasteiger partial charge < -0.3 is 15.4 Å². The molecule has 0 spiro atoms. The van der Waals surface area contributed by atoms with Crippen LogP contribution in [0.4, 0.5) is 11.5 Å². The van der Waals surface area contributed by atoms with Gasteiger partial charge in [0.15, 0.2) is 5.69 Å². The average Bonchev–Trinajstić information content (AvgIpc) is 2.95. The molecule has 0 aromatic carbocycles. The van der Waals surface area contributed by atoms with E-state index < -0.39 is 0 Å². The molecule has 0 fully saturated rings. The highest BCUT2D eigenvalue weighted by molar-refractivity contribution is 5.89. The lowest BCUT2D eigenvalue weighted by Gasteiger charge is -2.29. The molecule has 0 aliphatic carbocycles. The Morgan fingerprint density at radius 3 is 2.83 bits per heavy atom.